The standard InChI is InChI=1S/C20H18N2O4S/c1-13(26-18(23)12-21-20(25)17-10-5-11-27-17)19(24)22-16-9-4-7-14-6-2-3-8-15(14)16/h2-11,13H,12H2,1H3,(H,21,25)(H,22,24)/t13-/m0/s1. The van der Waals surface area contributed by atoms with E-state index in [-0.39, 0.29) is 12.5 Å². The summed E-state index contributed by atoms with van der Waals surface area (Å²) >= 11 is 1.28. The maximum absolute atomic E-state index is 12.3. The summed E-state index contributed by atoms with van der Waals surface area (Å²) < 4.78 is 5.10. The number of esters is 1. The first-order chi connectivity index (χ1) is 13.0. The lowest BCUT2D eigenvalue weighted by atomic mass is 10.1. The Morgan fingerprint density at radius 1 is 1.04 bits per heavy atom. The minimum atomic E-state index is -0.991. The average Bonchev–Trinajstić information content (AvgIpc) is 3.21. The molecule has 1 aromatic heterocycles. The lowest BCUT2D eigenvalue weighted by Gasteiger charge is -2.15. The van der Waals surface area contributed by atoms with Crippen molar-refractivity contribution in [3.8, 4) is 0 Å². The molecule has 0 fully saturated rings. The van der Waals surface area contributed by atoms with E-state index in [9.17, 15) is 14.4 Å². The van der Waals surface area contributed by atoms with Gasteiger partial charge in [-0.25, -0.2) is 0 Å². The molecule has 0 saturated carbocycles. The number of benzene rings is 2. The number of nitrogens with one attached hydrogen (secondary N) is 2. The van der Waals surface area contributed by atoms with Gasteiger partial charge in [-0.2, -0.15) is 0 Å². The Morgan fingerprint density at radius 3 is 2.59 bits per heavy atom. The number of amides is 2. The highest BCUT2D eigenvalue weighted by Crippen LogP contribution is 2.23. The Kier molecular flexibility index (Phi) is 5.83. The van der Waals surface area contributed by atoms with Gasteiger partial charge in [-0.05, 0) is 29.8 Å². The molecule has 3 rings (SSSR count). The van der Waals surface area contributed by atoms with E-state index in [4.69, 9.17) is 4.74 Å². The van der Waals surface area contributed by atoms with Crippen molar-refractivity contribution in [2.24, 2.45) is 0 Å². The SMILES string of the molecule is C[C@H](OC(=O)CNC(=O)c1cccs1)C(=O)Nc1cccc2ccccc12. The van der Waals surface area contributed by atoms with E-state index >= 15 is 0 Å². The number of carbonyl (C=O) groups is 3. The number of hydrogen-bond donors (Lipinski definition) is 2. The number of carbonyl (C=O) groups excluding carboxylic acids is 3. The zero-order chi connectivity index (χ0) is 19.2. The highest BCUT2D eigenvalue weighted by Gasteiger charge is 2.19. The molecule has 0 aliphatic carbocycles. The summed E-state index contributed by atoms with van der Waals surface area (Å²) in [7, 11) is 0. The van der Waals surface area contributed by atoms with Gasteiger partial charge in [-0.15, -0.1) is 11.3 Å². The van der Waals surface area contributed by atoms with Crippen molar-refractivity contribution in [3.63, 3.8) is 0 Å². The van der Waals surface area contributed by atoms with Gasteiger partial charge in [0, 0.05) is 11.1 Å². The van der Waals surface area contributed by atoms with Crippen LogP contribution < -0.4 is 10.6 Å². The van der Waals surface area contributed by atoms with E-state index in [1.807, 2.05) is 36.4 Å². The highest BCUT2D eigenvalue weighted by atomic mass is 32.1. The third-order valence-electron chi connectivity index (χ3n) is 3.86. The molecule has 0 aliphatic heterocycles. The van der Waals surface area contributed by atoms with Crippen LogP contribution in [0.4, 0.5) is 5.69 Å². The Balaban J connectivity index is 1.54. The van der Waals surface area contributed by atoms with Gasteiger partial charge in [0.15, 0.2) is 6.10 Å². The average molecular weight is 382 g/mol. The number of rotatable bonds is 6. The van der Waals surface area contributed by atoms with Crippen LogP contribution in [0.3, 0.4) is 0 Å². The number of ether oxygens (including phenoxy) is 1. The van der Waals surface area contributed by atoms with E-state index in [0.717, 1.165) is 10.8 Å². The van der Waals surface area contributed by atoms with Crippen LogP contribution in [0.5, 0.6) is 0 Å². The van der Waals surface area contributed by atoms with Crippen LogP contribution in [-0.4, -0.2) is 30.4 Å². The Bertz CT molecular complexity index is 964. The molecule has 7 heteroatoms. The maximum atomic E-state index is 12.3. The lowest BCUT2D eigenvalue weighted by Crippen LogP contribution is -2.35. The smallest absolute Gasteiger partial charge is 0.326 e. The van der Waals surface area contributed by atoms with Gasteiger partial charge < -0.3 is 15.4 Å². The van der Waals surface area contributed by atoms with Crippen molar-refractivity contribution in [2.75, 3.05) is 11.9 Å². The predicted octanol–water partition coefficient (Wildman–Crippen LogP) is 3.20. The second-order valence-electron chi connectivity index (χ2n) is 5.81. The lowest BCUT2D eigenvalue weighted by molar-refractivity contribution is -0.152. The van der Waals surface area contributed by atoms with Crippen LogP contribution in [0.1, 0.15) is 16.6 Å². The van der Waals surface area contributed by atoms with Gasteiger partial charge in [-0.1, -0.05) is 42.5 Å². The summed E-state index contributed by atoms with van der Waals surface area (Å²) in [5.41, 5.74) is 0.645. The Morgan fingerprint density at radius 2 is 1.81 bits per heavy atom. The van der Waals surface area contributed by atoms with Gasteiger partial charge in [-0.3, -0.25) is 14.4 Å². The molecule has 0 bridgehead atoms. The Labute approximate surface area is 160 Å². The summed E-state index contributed by atoms with van der Waals surface area (Å²) in [6, 6.07) is 16.6. The van der Waals surface area contributed by atoms with Crippen LogP contribution >= 0.6 is 11.3 Å². The molecule has 6 nitrogen and oxygen atoms in total. The Hall–Kier alpha value is -3.19. The first kappa shape index (κ1) is 18.6. The van der Waals surface area contributed by atoms with Gasteiger partial charge in [0.25, 0.3) is 11.8 Å². The molecular formula is C20H18N2O4S. The van der Waals surface area contributed by atoms with Crippen LogP contribution in [0, 0.1) is 0 Å². The first-order valence-corrected chi connectivity index (χ1v) is 9.22. The fourth-order valence-corrected chi connectivity index (χ4v) is 3.15. The van der Waals surface area contributed by atoms with E-state index in [1.54, 1.807) is 23.6 Å². The zero-order valence-electron chi connectivity index (χ0n) is 14.6. The molecule has 2 N–H and O–H groups in total. The van der Waals surface area contributed by atoms with E-state index in [0.29, 0.717) is 10.6 Å². The fraction of sp³-hybridized carbons (Fsp3) is 0.150. The van der Waals surface area contributed by atoms with Gasteiger partial charge in [0.05, 0.1) is 4.88 Å². The molecular weight excluding hydrogens is 364 g/mol. The van der Waals surface area contributed by atoms with Crippen LogP contribution in [0.25, 0.3) is 10.8 Å². The van der Waals surface area contributed by atoms with Crippen LogP contribution in [0.2, 0.25) is 0 Å². The molecule has 0 aliphatic rings. The maximum Gasteiger partial charge on any atom is 0.326 e. The monoisotopic (exact) mass is 382 g/mol. The number of anilines is 1. The third-order valence-corrected chi connectivity index (χ3v) is 4.73. The summed E-state index contributed by atoms with van der Waals surface area (Å²) in [6.07, 6.45) is -0.991. The normalized spacial score (nSPS) is 11.6. The van der Waals surface area contributed by atoms with Gasteiger partial charge in [0.2, 0.25) is 0 Å². The third kappa shape index (κ3) is 4.71. The second-order valence-corrected chi connectivity index (χ2v) is 6.76. The molecule has 27 heavy (non-hydrogen) atoms. The fourth-order valence-electron chi connectivity index (χ4n) is 2.51. The summed E-state index contributed by atoms with van der Waals surface area (Å²) in [6.45, 7) is 1.18. The van der Waals surface area contributed by atoms with Crippen molar-refractivity contribution >= 4 is 45.6 Å². The first-order valence-electron chi connectivity index (χ1n) is 8.34. The molecule has 2 amide bonds. The quantitative estimate of drug-likeness (QED) is 0.641. The number of fused-ring (bicyclic) bond motifs is 1. The number of thiophene rings is 1. The molecule has 0 radical (unpaired) electrons. The van der Waals surface area contributed by atoms with Crippen molar-refractivity contribution < 1.29 is 19.1 Å². The van der Waals surface area contributed by atoms with Crippen molar-refractivity contribution in [3.05, 3.63) is 64.9 Å². The molecule has 2 aromatic carbocycles. The second kappa shape index (κ2) is 8.46. The van der Waals surface area contributed by atoms with Gasteiger partial charge >= 0.3 is 5.97 Å². The topological polar surface area (TPSA) is 84.5 Å². The molecule has 0 spiro atoms. The number of hydrogen-bond acceptors (Lipinski definition) is 5. The van der Waals surface area contributed by atoms with E-state index < -0.39 is 18.0 Å². The molecule has 3 aromatic rings. The summed E-state index contributed by atoms with van der Waals surface area (Å²) in [4.78, 5) is 36.5. The molecule has 1 atom stereocenters. The summed E-state index contributed by atoms with van der Waals surface area (Å²) in [5.74, 6) is -1.47. The van der Waals surface area contributed by atoms with Gasteiger partial charge in [0.1, 0.15) is 6.54 Å². The molecule has 138 valence electrons. The highest BCUT2D eigenvalue weighted by molar-refractivity contribution is 7.12. The molecule has 0 saturated heterocycles. The van der Waals surface area contributed by atoms with Crippen molar-refractivity contribution in [1.82, 2.24) is 5.32 Å². The van der Waals surface area contributed by atoms with Crippen molar-refractivity contribution in [2.45, 2.75) is 13.0 Å². The van der Waals surface area contributed by atoms with Crippen molar-refractivity contribution in [1.29, 1.82) is 0 Å². The predicted molar refractivity (Wildman–Crippen MR) is 105 cm³/mol. The zero-order valence-corrected chi connectivity index (χ0v) is 15.4. The van der Waals surface area contributed by atoms with Crippen LogP contribution in [0.15, 0.2) is 60.0 Å². The van der Waals surface area contributed by atoms with E-state index in [1.165, 1.54) is 18.3 Å². The van der Waals surface area contributed by atoms with E-state index in [2.05, 4.69) is 10.6 Å². The minimum absolute atomic E-state index is 0.303. The summed E-state index contributed by atoms with van der Waals surface area (Å²) in [5, 5.41) is 8.91. The molecule has 0 unspecified atom stereocenters. The van der Waals surface area contributed by atoms with Crippen LogP contribution in [-0.2, 0) is 14.3 Å². The largest absolute Gasteiger partial charge is 0.451 e. The molecule has 1 heterocycles. The minimum Gasteiger partial charge on any atom is -0.451 e.